The molecule has 6 nitrogen and oxygen atoms in total. The zero-order valence-corrected chi connectivity index (χ0v) is 21.1. The average molecular weight is 477 g/mol. The fourth-order valence-electron chi connectivity index (χ4n) is 5.39. The maximum absolute atomic E-state index is 12.7. The van der Waals surface area contributed by atoms with Gasteiger partial charge in [-0.2, -0.15) is 0 Å². The van der Waals surface area contributed by atoms with Crippen LogP contribution < -0.4 is 4.74 Å². The van der Waals surface area contributed by atoms with E-state index in [4.69, 9.17) is 4.74 Å². The Hall–Kier alpha value is -2.89. The van der Waals surface area contributed by atoms with Crippen LogP contribution in [0, 0.1) is 11.8 Å². The largest absolute Gasteiger partial charge is 0.493 e. The Labute approximate surface area is 210 Å². The van der Waals surface area contributed by atoms with E-state index in [0.29, 0.717) is 17.7 Å². The summed E-state index contributed by atoms with van der Waals surface area (Å²) < 4.78 is 6.14. The molecule has 1 aromatic carbocycles. The van der Waals surface area contributed by atoms with Gasteiger partial charge in [0, 0.05) is 38.3 Å². The van der Waals surface area contributed by atoms with Gasteiger partial charge in [0.05, 0.1) is 6.61 Å². The van der Waals surface area contributed by atoms with Gasteiger partial charge in [-0.15, -0.1) is 0 Å². The molecule has 0 aromatic heterocycles. The molecule has 2 aliphatic heterocycles. The van der Waals surface area contributed by atoms with Gasteiger partial charge in [-0.25, -0.2) is 9.98 Å². The third-order valence-electron chi connectivity index (χ3n) is 7.61. The van der Waals surface area contributed by atoms with Gasteiger partial charge >= 0.3 is 0 Å². The van der Waals surface area contributed by atoms with E-state index in [0.717, 1.165) is 89.4 Å². The van der Waals surface area contributed by atoms with Gasteiger partial charge in [-0.05, 0) is 81.2 Å². The van der Waals surface area contributed by atoms with Crippen molar-refractivity contribution in [2.45, 2.75) is 57.8 Å². The van der Waals surface area contributed by atoms with Gasteiger partial charge in [0.1, 0.15) is 5.75 Å². The highest BCUT2D eigenvalue weighted by atomic mass is 16.5. The third-order valence-corrected chi connectivity index (χ3v) is 7.61. The maximum Gasteiger partial charge on any atom is 0.226 e. The lowest BCUT2D eigenvalue weighted by atomic mass is 9.78. The molecular formula is C29H40N4O2. The zero-order chi connectivity index (χ0) is 24.5. The van der Waals surface area contributed by atoms with E-state index in [1.165, 1.54) is 5.56 Å². The predicted molar refractivity (Wildman–Crippen MR) is 143 cm³/mol. The molecule has 6 heteroatoms. The number of benzene rings is 1. The third kappa shape index (κ3) is 6.83. The highest BCUT2D eigenvalue weighted by Crippen LogP contribution is 2.37. The normalized spacial score (nSPS) is 23.7. The summed E-state index contributed by atoms with van der Waals surface area (Å²) in [6.07, 6.45) is 15.3. The topological polar surface area (TPSA) is 57.5 Å². The first kappa shape index (κ1) is 25.2. The highest BCUT2D eigenvalue weighted by Gasteiger charge is 2.30. The lowest BCUT2D eigenvalue weighted by molar-refractivity contribution is -0.135. The number of ether oxygens (including phenoxy) is 1. The molecule has 1 aromatic rings. The van der Waals surface area contributed by atoms with Crippen LogP contribution in [0.15, 0.2) is 58.7 Å². The van der Waals surface area contributed by atoms with Crippen molar-refractivity contribution in [2.75, 3.05) is 32.8 Å². The predicted octanol–water partition coefficient (Wildman–Crippen LogP) is 5.43. The molecule has 1 saturated heterocycles. The number of nitrogens with zero attached hydrogens (tertiary/aromatic N) is 4. The Morgan fingerprint density at radius 2 is 1.71 bits per heavy atom. The van der Waals surface area contributed by atoms with Gasteiger partial charge in [0.25, 0.3) is 0 Å². The number of aliphatic imine (C=N–C) groups is 2. The van der Waals surface area contributed by atoms with E-state index in [2.05, 4.69) is 64.9 Å². The van der Waals surface area contributed by atoms with Gasteiger partial charge < -0.3 is 14.5 Å². The first-order valence-electron chi connectivity index (χ1n) is 13.3. The van der Waals surface area contributed by atoms with Crippen molar-refractivity contribution in [3.63, 3.8) is 0 Å². The number of hydrogen-bond acceptors (Lipinski definition) is 3. The smallest absolute Gasteiger partial charge is 0.226 e. The average Bonchev–Trinajstić information content (AvgIpc) is 3.46. The fourth-order valence-corrected chi connectivity index (χ4v) is 5.39. The Kier molecular flexibility index (Phi) is 9.15. The van der Waals surface area contributed by atoms with Gasteiger partial charge in [0.15, 0.2) is 0 Å². The lowest BCUT2D eigenvalue weighted by Gasteiger charge is -2.32. The monoisotopic (exact) mass is 476 g/mol. The van der Waals surface area contributed by atoms with E-state index >= 15 is 0 Å². The SMILES string of the molecule is C=NC(=N/C=C/CC)N1CCC(COc2ccc(C3CCC(C(=O)N4CC=CC4)CC3)cc2)CC1. The van der Waals surface area contributed by atoms with Crippen LogP contribution in [0.2, 0.25) is 0 Å². The molecule has 0 radical (unpaired) electrons. The number of allylic oxidation sites excluding steroid dienone is 1. The number of carbonyl (C=O) groups excluding carboxylic acids is 1. The Morgan fingerprint density at radius 3 is 2.34 bits per heavy atom. The molecular weight excluding hydrogens is 436 g/mol. The van der Waals surface area contributed by atoms with Crippen molar-refractivity contribution in [3.05, 3.63) is 54.3 Å². The van der Waals surface area contributed by atoms with Gasteiger partial charge in [-0.3, -0.25) is 4.79 Å². The van der Waals surface area contributed by atoms with E-state index in [1.54, 1.807) is 0 Å². The van der Waals surface area contributed by atoms with E-state index < -0.39 is 0 Å². The van der Waals surface area contributed by atoms with E-state index in [9.17, 15) is 4.79 Å². The Morgan fingerprint density at radius 1 is 1.03 bits per heavy atom. The number of carbonyl (C=O) groups is 1. The summed E-state index contributed by atoms with van der Waals surface area (Å²) in [6, 6.07) is 8.67. The van der Waals surface area contributed by atoms with Crippen molar-refractivity contribution in [1.29, 1.82) is 0 Å². The van der Waals surface area contributed by atoms with E-state index in [-0.39, 0.29) is 5.92 Å². The molecule has 1 amide bonds. The fraction of sp³-hybridized carbons (Fsp3) is 0.552. The minimum Gasteiger partial charge on any atom is -0.493 e. The second kappa shape index (κ2) is 12.7. The maximum atomic E-state index is 12.7. The van der Waals surface area contributed by atoms with Gasteiger partial charge in [0.2, 0.25) is 11.9 Å². The molecule has 2 heterocycles. The van der Waals surface area contributed by atoms with Crippen molar-refractivity contribution in [1.82, 2.24) is 9.80 Å². The van der Waals surface area contributed by atoms with Crippen molar-refractivity contribution >= 4 is 18.6 Å². The van der Waals surface area contributed by atoms with Crippen molar-refractivity contribution in [2.24, 2.45) is 21.8 Å². The molecule has 0 spiro atoms. The standard InChI is InChI=1S/C29H40N4O2/c1-3-4-17-31-29(30-2)33-20-15-23(16-21-33)22-35-27-13-11-25(12-14-27)24-7-9-26(10-8-24)28(34)32-18-5-6-19-32/h4-6,11-14,17,23-24,26H,2-3,7-10,15-16,18-22H2,1H3/b17-4+,31-29?. The van der Waals surface area contributed by atoms with Crippen LogP contribution in [0.25, 0.3) is 0 Å². The highest BCUT2D eigenvalue weighted by molar-refractivity contribution is 5.84. The quantitative estimate of drug-likeness (QED) is 0.300. The molecule has 0 bridgehead atoms. The molecule has 0 unspecified atom stereocenters. The molecule has 35 heavy (non-hydrogen) atoms. The summed E-state index contributed by atoms with van der Waals surface area (Å²) in [5.74, 6) is 3.31. The number of piperidine rings is 1. The van der Waals surface area contributed by atoms with Crippen LogP contribution in [0.1, 0.15) is 63.4 Å². The lowest BCUT2D eigenvalue weighted by Crippen LogP contribution is -2.38. The number of guanidine groups is 1. The van der Waals surface area contributed by atoms with Crippen LogP contribution in [0.3, 0.4) is 0 Å². The van der Waals surface area contributed by atoms with Crippen molar-refractivity contribution in [3.8, 4) is 5.75 Å². The number of rotatable bonds is 7. The summed E-state index contributed by atoms with van der Waals surface area (Å²) in [5, 5.41) is 0. The zero-order valence-electron chi connectivity index (χ0n) is 21.1. The van der Waals surface area contributed by atoms with Crippen molar-refractivity contribution < 1.29 is 9.53 Å². The van der Waals surface area contributed by atoms with Crippen LogP contribution in [0.4, 0.5) is 0 Å². The molecule has 0 N–H and O–H groups in total. The molecule has 3 aliphatic rings. The minimum absolute atomic E-state index is 0.206. The Balaban J connectivity index is 1.18. The minimum atomic E-state index is 0.206. The number of hydrogen-bond donors (Lipinski definition) is 0. The summed E-state index contributed by atoms with van der Waals surface area (Å²) >= 11 is 0. The Bertz CT molecular complexity index is 913. The summed E-state index contributed by atoms with van der Waals surface area (Å²) in [4.78, 5) is 25.4. The molecule has 4 rings (SSSR count). The second-order valence-electron chi connectivity index (χ2n) is 9.95. The van der Waals surface area contributed by atoms with Crippen LogP contribution in [-0.4, -0.2) is 61.2 Å². The van der Waals surface area contributed by atoms with Crippen LogP contribution in [0.5, 0.6) is 5.75 Å². The molecule has 0 atom stereocenters. The molecule has 188 valence electrons. The first-order chi connectivity index (χ1) is 17.2. The second-order valence-corrected chi connectivity index (χ2v) is 9.95. The number of amides is 1. The molecule has 1 saturated carbocycles. The van der Waals surface area contributed by atoms with Crippen LogP contribution >= 0.6 is 0 Å². The summed E-state index contributed by atoms with van der Waals surface area (Å²) in [6.45, 7) is 9.96. The summed E-state index contributed by atoms with van der Waals surface area (Å²) in [5.41, 5.74) is 1.38. The van der Waals surface area contributed by atoms with E-state index in [1.807, 2.05) is 17.2 Å². The number of likely N-dealkylation sites (tertiary alicyclic amines) is 1. The first-order valence-corrected chi connectivity index (χ1v) is 13.3. The summed E-state index contributed by atoms with van der Waals surface area (Å²) in [7, 11) is 0. The molecule has 2 fully saturated rings. The van der Waals surface area contributed by atoms with Crippen LogP contribution in [-0.2, 0) is 4.79 Å². The molecule has 1 aliphatic carbocycles. The van der Waals surface area contributed by atoms with Gasteiger partial charge in [-0.1, -0.05) is 37.3 Å².